The predicted molar refractivity (Wildman–Crippen MR) is 110 cm³/mol. The van der Waals surface area contributed by atoms with Gasteiger partial charge < -0.3 is 5.32 Å². The summed E-state index contributed by atoms with van der Waals surface area (Å²) in [6, 6.07) is 16.4. The van der Waals surface area contributed by atoms with Crippen LogP contribution >= 0.6 is 0 Å². The Labute approximate surface area is 167 Å². The molecule has 0 saturated carbocycles. The summed E-state index contributed by atoms with van der Waals surface area (Å²) in [4.78, 5) is 28.8. The third-order valence-corrected chi connectivity index (χ3v) is 4.66. The molecule has 1 atom stereocenters. The van der Waals surface area contributed by atoms with Crippen LogP contribution in [-0.4, -0.2) is 38.2 Å². The summed E-state index contributed by atoms with van der Waals surface area (Å²) in [6.07, 6.45) is 3.39. The number of rotatable bonds is 6. The van der Waals surface area contributed by atoms with E-state index in [1.165, 1.54) is 13.3 Å². The van der Waals surface area contributed by atoms with Crippen LogP contribution in [0.2, 0.25) is 0 Å². The van der Waals surface area contributed by atoms with E-state index in [1.54, 1.807) is 16.0 Å². The van der Waals surface area contributed by atoms with Gasteiger partial charge in [-0.2, -0.15) is 10.2 Å². The summed E-state index contributed by atoms with van der Waals surface area (Å²) in [5.74, 6) is -0.345. The lowest BCUT2D eigenvalue weighted by atomic mass is 10.1. The Kier molecular flexibility index (Phi) is 5.15. The molecule has 0 aliphatic carbocycles. The number of Topliss-reactive ketones (excluding diaryl/α,β-unsaturated/α-hetero) is 1. The van der Waals surface area contributed by atoms with E-state index in [1.807, 2.05) is 54.6 Å². The van der Waals surface area contributed by atoms with Crippen molar-refractivity contribution in [2.75, 3.05) is 10.3 Å². The van der Waals surface area contributed by atoms with Crippen molar-refractivity contribution in [1.29, 1.82) is 0 Å². The third kappa shape index (κ3) is 4.21. The first-order chi connectivity index (χ1) is 14.1. The van der Waals surface area contributed by atoms with Crippen LogP contribution < -0.4 is 10.3 Å². The molecule has 1 unspecified atom stereocenters. The van der Waals surface area contributed by atoms with Gasteiger partial charge in [-0.15, -0.1) is 0 Å². The Bertz CT molecular complexity index is 1050. The van der Waals surface area contributed by atoms with Crippen LogP contribution in [0.3, 0.4) is 0 Å². The molecule has 29 heavy (non-hydrogen) atoms. The highest BCUT2D eigenvalue weighted by Crippen LogP contribution is 2.25. The fourth-order valence-electron chi connectivity index (χ4n) is 3.23. The standard InChI is InChI=1S/C21H20N6O2/c1-15(28)20-11-19(25-27(20)18-8-3-2-4-9-18)21(29)24-17-7-5-6-16(10-17)12-26-14-22-13-23-26/h2-10,13-14,20H,11-12H2,1H3,(H,24,29). The van der Waals surface area contributed by atoms with Crippen molar-refractivity contribution < 1.29 is 9.59 Å². The number of carbonyl (C=O) groups is 2. The number of anilines is 2. The first kappa shape index (κ1) is 18.5. The number of benzene rings is 2. The number of nitrogens with one attached hydrogen (secondary N) is 1. The summed E-state index contributed by atoms with van der Waals surface area (Å²) < 4.78 is 1.71. The molecular weight excluding hydrogens is 368 g/mol. The van der Waals surface area contributed by atoms with Gasteiger partial charge in [-0.1, -0.05) is 30.3 Å². The molecule has 0 spiro atoms. The third-order valence-electron chi connectivity index (χ3n) is 4.66. The van der Waals surface area contributed by atoms with Crippen LogP contribution in [0.15, 0.2) is 72.4 Å². The van der Waals surface area contributed by atoms with Gasteiger partial charge in [0.15, 0.2) is 5.78 Å². The maximum absolute atomic E-state index is 12.8. The SMILES string of the molecule is CC(=O)C1CC(C(=O)Nc2cccc(Cn3cncn3)c2)=NN1c1ccccc1. The fourth-order valence-corrected chi connectivity index (χ4v) is 3.23. The molecule has 0 bridgehead atoms. The highest BCUT2D eigenvalue weighted by atomic mass is 16.2. The number of hydrogen-bond donors (Lipinski definition) is 1. The number of ketones is 1. The minimum absolute atomic E-state index is 0.0322. The van der Waals surface area contributed by atoms with Crippen molar-refractivity contribution in [2.24, 2.45) is 5.10 Å². The first-order valence-electron chi connectivity index (χ1n) is 9.25. The summed E-state index contributed by atoms with van der Waals surface area (Å²) in [5.41, 5.74) is 2.75. The molecule has 1 amide bonds. The van der Waals surface area contributed by atoms with E-state index in [9.17, 15) is 9.59 Å². The van der Waals surface area contributed by atoms with Crippen molar-refractivity contribution in [3.63, 3.8) is 0 Å². The highest BCUT2D eigenvalue weighted by molar-refractivity contribution is 6.44. The molecule has 8 heteroatoms. The van der Waals surface area contributed by atoms with Crippen molar-refractivity contribution in [2.45, 2.75) is 25.9 Å². The summed E-state index contributed by atoms with van der Waals surface area (Å²) in [7, 11) is 0. The van der Waals surface area contributed by atoms with Gasteiger partial charge in [0.05, 0.1) is 12.2 Å². The Morgan fingerprint density at radius 2 is 1.97 bits per heavy atom. The Hall–Kier alpha value is -3.81. The second-order valence-electron chi connectivity index (χ2n) is 6.80. The molecule has 0 radical (unpaired) electrons. The van der Waals surface area contributed by atoms with Crippen LogP contribution in [0.4, 0.5) is 11.4 Å². The van der Waals surface area contributed by atoms with E-state index in [0.29, 0.717) is 17.9 Å². The quantitative estimate of drug-likeness (QED) is 0.700. The minimum Gasteiger partial charge on any atom is -0.321 e. The van der Waals surface area contributed by atoms with Crippen molar-refractivity contribution in [3.8, 4) is 0 Å². The van der Waals surface area contributed by atoms with E-state index in [4.69, 9.17) is 0 Å². The van der Waals surface area contributed by atoms with Crippen molar-refractivity contribution in [1.82, 2.24) is 14.8 Å². The van der Waals surface area contributed by atoms with Gasteiger partial charge in [-0.25, -0.2) is 9.67 Å². The molecule has 1 aromatic heterocycles. The minimum atomic E-state index is -0.475. The largest absolute Gasteiger partial charge is 0.321 e. The lowest BCUT2D eigenvalue weighted by Gasteiger charge is -2.20. The van der Waals surface area contributed by atoms with Crippen molar-refractivity contribution >= 4 is 28.8 Å². The van der Waals surface area contributed by atoms with Gasteiger partial charge >= 0.3 is 0 Å². The smallest absolute Gasteiger partial charge is 0.271 e. The van der Waals surface area contributed by atoms with Gasteiger partial charge in [-0.3, -0.25) is 14.6 Å². The number of hydrogen-bond acceptors (Lipinski definition) is 6. The normalized spacial score (nSPS) is 15.8. The predicted octanol–water partition coefficient (Wildman–Crippen LogP) is 2.49. The Morgan fingerprint density at radius 3 is 2.69 bits per heavy atom. The molecule has 2 heterocycles. The van der Waals surface area contributed by atoms with Gasteiger partial charge in [0.2, 0.25) is 0 Å². The fraction of sp³-hybridized carbons (Fsp3) is 0.190. The van der Waals surface area contributed by atoms with Gasteiger partial charge in [0, 0.05) is 12.1 Å². The Morgan fingerprint density at radius 1 is 1.14 bits per heavy atom. The molecule has 8 nitrogen and oxygen atoms in total. The molecule has 1 aliphatic heterocycles. The van der Waals surface area contributed by atoms with Crippen LogP contribution in [0, 0.1) is 0 Å². The maximum Gasteiger partial charge on any atom is 0.271 e. The topological polar surface area (TPSA) is 92.5 Å². The molecule has 0 saturated heterocycles. The number of para-hydroxylation sites is 1. The molecule has 0 fully saturated rings. The monoisotopic (exact) mass is 388 g/mol. The molecule has 3 aromatic rings. The molecule has 2 aromatic carbocycles. The van der Waals surface area contributed by atoms with Crippen molar-refractivity contribution in [3.05, 3.63) is 72.8 Å². The van der Waals surface area contributed by atoms with E-state index < -0.39 is 6.04 Å². The molecule has 1 aliphatic rings. The second kappa shape index (κ2) is 8.05. The lowest BCUT2D eigenvalue weighted by Crippen LogP contribution is -2.33. The average Bonchev–Trinajstić information content (AvgIpc) is 3.39. The number of nitrogens with zero attached hydrogens (tertiary/aromatic N) is 5. The molecule has 1 N–H and O–H groups in total. The lowest BCUT2D eigenvalue weighted by molar-refractivity contribution is -0.118. The van der Waals surface area contributed by atoms with E-state index in [-0.39, 0.29) is 18.1 Å². The second-order valence-corrected chi connectivity index (χ2v) is 6.80. The average molecular weight is 388 g/mol. The number of amides is 1. The van der Waals surface area contributed by atoms with Crippen LogP contribution in [-0.2, 0) is 16.1 Å². The number of aromatic nitrogens is 3. The molecule has 4 rings (SSSR count). The van der Waals surface area contributed by atoms with Crippen LogP contribution in [0.1, 0.15) is 18.9 Å². The maximum atomic E-state index is 12.8. The first-order valence-corrected chi connectivity index (χ1v) is 9.25. The zero-order chi connectivity index (χ0) is 20.2. The summed E-state index contributed by atoms with van der Waals surface area (Å²) in [6.45, 7) is 2.07. The van der Waals surface area contributed by atoms with Crippen LogP contribution in [0.25, 0.3) is 0 Å². The Balaban J connectivity index is 1.50. The number of hydrazone groups is 1. The highest BCUT2D eigenvalue weighted by Gasteiger charge is 2.34. The van der Waals surface area contributed by atoms with Gasteiger partial charge in [0.25, 0.3) is 5.91 Å². The van der Waals surface area contributed by atoms with Gasteiger partial charge in [-0.05, 0) is 36.8 Å². The van der Waals surface area contributed by atoms with Crippen LogP contribution in [0.5, 0.6) is 0 Å². The van der Waals surface area contributed by atoms with E-state index >= 15 is 0 Å². The molecular formula is C21H20N6O2. The molecule has 146 valence electrons. The summed E-state index contributed by atoms with van der Waals surface area (Å²) in [5, 5.41) is 13.0. The van der Waals surface area contributed by atoms with E-state index in [2.05, 4.69) is 20.5 Å². The summed E-state index contributed by atoms with van der Waals surface area (Å²) >= 11 is 0. The van der Waals surface area contributed by atoms with E-state index in [0.717, 1.165) is 11.3 Å². The van der Waals surface area contributed by atoms with Gasteiger partial charge in [0.1, 0.15) is 24.4 Å². The number of carbonyl (C=O) groups excluding carboxylic acids is 2. The zero-order valence-corrected chi connectivity index (χ0v) is 15.9. The zero-order valence-electron chi connectivity index (χ0n) is 15.9.